The van der Waals surface area contributed by atoms with Crippen LogP contribution in [0.5, 0.6) is 0 Å². The molecule has 3 aromatic rings. The Kier molecular flexibility index (Phi) is 5.06. The van der Waals surface area contributed by atoms with Crippen molar-refractivity contribution in [2.24, 2.45) is 0 Å². The first-order valence-corrected chi connectivity index (χ1v) is 11.8. The van der Waals surface area contributed by atoms with Crippen LogP contribution in [-0.4, -0.2) is 71.3 Å². The monoisotopic (exact) mass is 441 g/mol. The Morgan fingerprint density at radius 3 is 2.68 bits per heavy atom. The van der Waals surface area contributed by atoms with Gasteiger partial charge in [0.25, 0.3) is 0 Å². The van der Waals surface area contributed by atoms with Crippen molar-refractivity contribution in [3.05, 3.63) is 48.3 Å². The van der Waals surface area contributed by atoms with Crippen molar-refractivity contribution in [3.63, 3.8) is 0 Å². The zero-order chi connectivity index (χ0) is 21.4. The minimum atomic E-state index is -3.53. The number of aromatic nitrogens is 4. The van der Waals surface area contributed by atoms with Crippen molar-refractivity contribution < 1.29 is 13.2 Å². The summed E-state index contributed by atoms with van der Waals surface area (Å²) < 4.78 is 29.2. The van der Waals surface area contributed by atoms with E-state index in [-0.39, 0.29) is 23.3 Å². The van der Waals surface area contributed by atoms with Gasteiger partial charge in [0.05, 0.1) is 11.3 Å². The Morgan fingerprint density at radius 1 is 1.10 bits per heavy atom. The van der Waals surface area contributed by atoms with Crippen molar-refractivity contribution in [2.45, 2.75) is 30.2 Å². The average molecular weight is 442 g/mol. The molecule has 11 heteroatoms. The molecule has 0 spiro atoms. The second-order valence-electron chi connectivity index (χ2n) is 7.91. The lowest BCUT2D eigenvalue weighted by atomic mass is 10.1. The third-order valence-electron chi connectivity index (χ3n) is 5.57. The minimum absolute atomic E-state index is 0.00780. The molecule has 1 aliphatic carbocycles. The van der Waals surface area contributed by atoms with E-state index >= 15 is 0 Å². The smallest absolute Gasteiger partial charge is 0.240 e. The summed E-state index contributed by atoms with van der Waals surface area (Å²) in [6, 6.07) is 10.5. The molecule has 1 aliphatic heterocycles. The number of rotatable bonds is 6. The molecule has 1 N–H and O–H groups in total. The van der Waals surface area contributed by atoms with E-state index in [2.05, 4.69) is 24.9 Å². The number of nitrogens with one attached hydrogen (secondary N) is 1. The second kappa shape index (κ2) is 7.89. The van der Waals surface area contributed by atoms with Gasteiger partial charge in [0.1, 0.15) is 12.1 Å². The molecule has 1 aromatic carbocycles. The van der Waals surface area contributed by atoms with Crippen LogP contribution in [0.2, 0.25) is 0 Å². The van der Waals surface area contributed by atoms with E-state index in [9.17, 15) is 13.2 Å². The van der Waals surface area contributed by atoms with Gasteiger partial charge in [-0.25, -0.2) is 13.1 Å². The third-order valence-corrected chi connectivity index (χ3v) is 7.09. The highest BCUT2D eigenvalue weighted by Gasteiger charge is 2.28. The van der Waals surface area contributed by atoms with E-state index in [0.29, 0.717) is 37.4 Å². The fourth-order valence-corrected chi connectivity index (χ4v) is 5.04. The predicted octanol–water partition coefficient (Wildman–Crippen LogP) is 0.456. The van der Waals surface area contributed by atoms with Crippen LogP contribution in [-0.2, 0) is 21.2 Å². The first-order valence-electron chi connectivity index (χ1n) is 10.3. The number of carbonyl (C=O) groups is 1. The van der Waals surface area contributed by atoms with Crippen LogP contribution < -0.4 is 9.62 Å². The Hall–Kier alpha value is -3.05. The fraction of sp³-hybridized carbons (Fsp3) is 0.400. The van der Waals surface area contributed by atoms with E-state index in [1.165, 1.54) is 0 Å². The van der Waals surface area contributed by atoms with Gasteiger partial charge >= 0.3 is 0 Å². The van der Waals surface area contributed by atoms with Crippen LogP contribution in [0.4, 0.5) is 5.82 Å². The molecule has 0 bridgehead atoms. The highest BCUT2D eigenvalue weighted by molar-refractivity contribution is 7.89. The fourth-order valence-electron chi connectivity index (χ4n) is 3.67. The van der Waals surface area contributed by atoms with Gasteiger partial charge < -0.3 is 9.80 Å². The summed E-state index contributed by atoms with van der Waals surface area (Å²) in [5.41, 5.74) is 1.39. The number of hydrogen-bond donors (Lipinski definition) is 1. The molecule has 1 saturated heterocycles. The molecular weight excluding hydrogens is 418 g/mol. The number of amides is 1. The summed E-state index contributed by atoms with van der Waals surface area (Å²) in [4.78, 5) is 17.0. The van der Waals surface area contributed by atoms with Crippen molar-refractivity contribution in [1.82, 2.24) is 29.4 Å². The van der Waals surface area contributed by atoms with Crippen molar-refractivity contribution in [2.75, 3.05) is 31.1 Å². The molecule has 31 heavy (non-hydrogen) atoms. The topological polar surface area (TPSA) is 113 Å². The molecule has 10 nitrogen and oxygen atoms in total. The number of sulfonamides is 1. The maximum Gasteiger partial charge on any atom is 0.240 e. The molecule has 162 valence electrons. The summed E-state index contributed by atoms with van der Waals surface area (Å²) >= 11 is 0. The van der Waals surface area contributed by atoms with Crippen LogP contribution in [0.15, 0.2) is 47.6 Å². The van der Waals surface area contributed by atoms with E-state index < -0.39 is 10.0 Å². The van der Waals surface area contributed by atoms with Gasteiger partial charge in [-0.3, -0.25) is 4.79 Å². The van der Waals surface area contributed by atoms with Crippen molar-refractivity contribution in [3.8, 4) is 0 Å². The average Bonchev–Trinajstić information content (AvgIpc) is 3.45. The first-order chi connectivity index (χ1) is 15.0. The summed E-state index contributed by atoms with van der Waals surface area (Å²) in [6.45, 7) is 2.52. The SMILES string of the molecule is O=C(Cc1cccc(S(=O)(=O)NC2CC2)c1)N1CCN(c2ccc3nncn3n2)CC1. The molecule has 5 rings (SSSR count). The Balaban J connectivity index is 1.20. The highest BCUT2D eigenvalue weighted by Crippen LogP contribution is 2.23. The largest absolute Gasteiger partial charge is 0.352 e. The van der Waals surface area contributed by atoms with Crippen LogP contribution in [0, 0.1) is 0 Å². The number of fused-ring (bicyclic) bond motifs is 1. The maximum absolute atomic E-state index is 12.8. The van der Waals surface area contributed by atoms with Crippen LogP contribution >= 0.6 is 0 Å². The first kappa shape index (κ1) is 19.9. The molecule has 0 radical (unpaired) electrons. The number of hydrogen-bond acceptors (Lipinski definition) is 7. The summed E-state index contributed by atoms with van der Waals surface area (Å²) in [7, 11) is -3.53. The van der Waals surface area contributed by atoms with Gasteiger partial charge in [-0.05, 0) is 42.7 Å². The summed E-state index contributed by atoms with van der Waals surface area (Å²) in [6.07, 6.45) is 3.50. The summed E-state index contributed by atoms with van der Waals surface area (Å²) in [5, 5.41) is 12.3. The lowest BCUT2D eigenvalue weighted by Crippen LogP contribution is -2.49. The minimum Gasteiger partial charge on any atom is -0.352 e. The quantitative estimate of drug-likeness (QED) is 0.591. The van der Waals surface area contributed by atoms with Crippen LogP contribution in [0.3, 0.4) is 0 Å². The van der Waals surface area contributed by atoms with E-state index in [1.807, 2.05) is 17.0 Å². The molecule has 2 aromatic heterocycles. The summed E-state index contributed by atoms with van der Waals surface area (Å²) in [5.74, 6) is 0.812. The zero-order valence-electron chi connectivity index (χ0n) is 16.9. The zero-order valence-corrected chi connectivity index (χ0v) is 17.7. The number of carbonyl (C=O) groups excluding carboxylic acids is 1. The predicted molar refractivity (Wildman–Crippen MR) is 113 cm³/mol. The third kappa shape index (κ3) is 4.37. The highest BCUT2D eigenvalue weighted by atomic mass is 32.2. The molecule has 0 atom stereocenters. The van der Waals surface area contributed by atoms with Crippen molar-refractivity contribution >= 4 is 27.4 Å². The molecule has 2 fully saturated rings. The molecule has 2 aliphatic rings. The van der Waals surface area contributed by atoms with Gasteiger partial charge in [0.2, 0.25) is 15.9 Å². The molecule has 3 heterocycles. The number of piperazine rings is 1. The lowest BCUT2D eigenvalue weighted by molar-refractivity contribution is -0.130. The van der Waals surface area contributed by atoms with Crippen LogP contribution in [0.1, 0.15) is 18.4 Å². The van der Waals surface area contributed by atoms with Gasteiger partial charge in [-0.15, -0.1) is 15.3 Å². The standard InChI is InChI=1S/C20H23N7O3S/c28-20(13-15-2-1-3-17(12-15)31(29,30)24-16-4-5-16)26-10-8-25(9-11-26)19-7-6-18-22-21-14-27(18)23-19/h1-3,6-7,12,14,16,24H,4-5,8-11,13H2. The normalized spacial score (nSPS) is 17.3. The maximum atomic E-state index is 12.8. The number of anilines is 1. The van der Waals surface area contributed by atoms with Gasteiger partial charge in [0, 0.05) is 32.2 Å². The molecule has 0 unspecified atom stereocenters. The Morgan fingerprint density at radius 2 is 1.90 bits per heavy atom. The molecular formula is C20H23N7O3S. The lowest BCUT2D eigenvalue weighted by Gasteiger charge is -2.35. The van der Waals surface area contributed by atoms with Gasteiger partial charge in [-0.1, -0.05) is 12.1 Å². The van der Waals surface area contributed by atoms with E-state index in [0.717, 1.165) is 18.7 Å². The van der Waals surface area contributed by atoms with Crippen molar-refractivity contribution in [1.29, 1.82) is 0 Å². The Labute approximate surface area is 179 Å². The Bertz CT molecular complexity index is 1210. The second-order valence-corrected chi connectivity index (χ2v) is 9.63. The van der Waals surface area contributed by atoms with E-state index in [4.69, 9.17) is 0 Å². The van der Waals surface area contributed by atoms with E-state index in [1.54, 1.807) is 35.1 Å². The van der Waals surface area contributed by atoms with Gasteiger partial charge in [-0.2, -0.15) is 4.52 Å². The molecule has 1 saturated carbocycles. The number of benzene rings is 1. The number of nitrogens with zero attached hydrogens (tertiary/aromatic N) is 6. The molecule has 1 amide bonds. The van der Waals surface area contributed by atoms with Crippen LogP contribution in [0.25, 0.3) is 5.65 Å². The van der Waals surface area contributed by atoms with Gasteiger partial charge in [0.15, 0.2) is 5.65 Å².